The normalized spacial score (nSPS) is 11.1. The van der Waals surface area contributed by atoms with E-state index in [2.05, 4.69) is 29.8 Å². The van der Waals surface area contributed by atoms with Crippen molar-refractivity contribution >= 4 is 17.2 Å². The van der Waals surface area contributed by atoms with Crippen molar-refractivity contribution in [3.8, 4) is 5.75 Å². The predicted octanol–water partition coefficient (Wildman–Crippen LogP) is 4.53. The number of nitrogens with zero attached hydrogens (tertiary/aromatic N) is 3. The van der Waals surface area contributed by atoms with E-state index in [9.17, 15) is 4.79 Å². The molecule has 2 aromatic heterocycles. The molecular weight excluding hydrogens is 398 g/mol. The van der Waals surface area contributed by atoms with Gasteiger partial charge in [-0.1, -0.05) is 12.1 Å². The molecule has 0 saturated carbocycles. The van der Waals surface area contributed by atoms with Gasteiger partial charge in [0.1, 0.15) is 17.4 Å². The maximum Gasteiger partial charge on any atom is 0.289 e. The predicted molar refractivity (Wildman–Crippen MR) is 119 cm³/mol. The highest BCUT2D eigenvalue weighted by Gasteiger charge is 2.19. The Bertz CT molecular complexity index is 951. The minimum atomic E-state index is -0.111. The molecule has 0 aliphatic heterocycles. The molecule has 7 heteroatoms. The van der Waals surface area contributed by atoms with Crippen LogP contribution in [-0.2, 0) is 13.2 Å². The van der Waals surface area contributed by atoms with E-state index in [1.54, 1.807) is 28.4 Å². The third kappa shape index (κ3) is 5.93. The summed E-state index contributed by atoms with van der Waals surface area (Å²) in [5.41, 5.74) is 3.21. The zero-order valence-corrected chi connectivity index (χ0v) is 18.9. The van der Waals surface area contributed by atoms with Gasteiger partial charge in [0.05, 0.1) is 18.5 Å². The van der Waals surface area contributed by atoms with Crippen LogP contribution in [0.2, 0.25) is 0 Å². The fourth-order valence-corrected chi connectivity index (χ4v) is 3.79. The van der Waals surface area contributed by atoms with Crippen molar-refractivity contribution in [1.82, 2.24) is 14.8 Å². The Morgan fingerprint density at radius 2 is 2.00 bits per heavy atom. The van der Waals surface area contributed by atoms with Crippen molar-refractivity contribution in [2.45, 2.75) is 33.4 Å². The van der Waals surface area contributed by atoms with Crippen molar-refractivity contribution in [2.24, 2.45) is 0 Å². The molecule has 6 nitrogen and oxygen atoms in total. The molecule has 3 aromatic rings. The van der Waals surface area contributed by atoms with E-state index < -0.39 is 0 Å². The lowest BCUT2D eigenvalue weighted by molar-refractivity contribution is 0.0703. The van der Waals surface area contributed by atoms with Gasteiger partial charge in [0.25, 0.3) is 5.91 Å². The third-order valence-electron chi connectivity index (χ3n) is 4.91. The van der Waals surface area contributed by atoms with E-state index in [1.807, 2.05) is 31.6 Å². The van der Waals surface area contributed by atoms with Gasteiger partial charge in [0, 0.05) is 11.9 Å². The molecule has 0 saturated heterocycles. The summed E-state index contributed by atoms with van der Waals surface area (Å²) in [5.74, 6) is 1.12. The van der Waals surface area contributed by atoms with Gasteiger partial charge in [-0.2, -0.15) is 0 Å². The average Bonchev–Trinajstić information content (AvgIpc) is 3.40. The summed E-state index contributed by atoms with van der Waals surface area (Å²) in [6.07, 6.45) is 2.41. The van der Waals surface area contributed by atoms with E-state index >= 15 is 0 Å². The number of ether oxygens (including phenoxy) is 1. The SMILES string of the molecule is Cc1cccc(OCc2nc(CN(CCCN(C)C)C(=O)c3ccco3)cs2)c1C. The van der Waals surface area contributed by atoms with Crippen LogP contribution in [-0.4, -0.2) is 47.9 Å². The number of carbonyl (C=O) groups is 1. The van der Waals surface area contributed by atoms with Crippen LogP contribution >= 0.6 is 11.3 Å². The molecule has 0 spiro atoms. The topological polar surface area (TPSA) is 58.8 Å². The molecule has 0 atom stereocenters. The zero-order chi connectivity index (χ0) is 21.5. The van der Waals surface area contributed by atoms with Gasteiger partial charge >= 0.3 is 0 Å². The van der Waals surface area contributed by atoms with Gasteiger partial charge in [-0.25, -0.2) is 4.98 Å². The molecule has 3 rings (SSSR count). The van der Waals surface area contributed by atoms with E-state index in [1.165, 1.54) is 11.8 Å². The Balaban J connectivity index is 1.63. The van der Waals surface area contributed by atoms with Gasteiger partial charge in [0.15, 0.2) is 5.76 Å². The van der Waals surface area contributed by atoms with Crippen LogP contribution < -0.4 is 4.74 Å². The lowest BCUT2D eigenvalue weighted by Crippen LogP contribution is -2.33. The van der Waals surface area contributed by atoms with Crippen molar-refractivity contribution in [1.29, 1.82) is 0 Å². The summed E-state index contributed by atoms with van der Waals surface area (Å²) in [6.45, 7) is 6.56. The fraction of sp³-hybridized carbons (Fsp3) is 0.391. The van der Waals surface area contributed by atoms with Crippen molar-refractivity contribution in [3.05, 3.63) is 69.6 Å². The molecule has 0 unspecified atom stereocenters. The lowest BCUT2D eigenvalue weighted by Gasteiger charge is -2.21. The van der Waals surface area contributed by atoms with E-state index in [-0.39, 0.29) is 5.91 Å². The van der Waals surface area contributed by atoms with Crippen molar-refractivity contribution in [2.75, 3.05) is 27.2 Å². The Morgan fingerprint density at radius 3 is 2.73 bits per heavy atom. The highest BCUT2D eigenvalue weighted by Crippen LogP contribution is 2.23. The Kier molecular flexibility index (Phi) is 7.65. The largest absolute Gasteiger partial charge is 0.486 e. The molecule has 0 radical (unpaired) electrons. The monoisotopic (exact) mass is 427 g/mol. The lowest BCUT2D eigenvalue weighted by atomic mass is 10.1. The second kappa shape index (κ2) is 10.4. The summed E-state index contributed by atoms with van der Waals surface area (Å²) >= 11 is 1.55. The quantitative estimate of drug-likeness (QED) is 0.476. The highest BCUT2D eigenvalue weighted by molar-refractivity contribution is 7.09. The number of furan rings is 1. The molecule has 2 heterocycles. The molecule has 0 aliphatic carbocycles. The maximum atomic E-state index is 12.8. The number of benzene rings is 1. The van der Waals surface area contributed by atoms with E-state index in [0.717, 1.165) is 35.0 Å². The zero-order valence-electron chi connectivity index (χ0n) is 18.1. The van der Waals surface area contributed by atoms with Crippen LogP contribution in [0.15, 0.2) is 46.4 Å². The van der Waals surface area contributed by atoms with Crippen molar-refractivity contribution in [3.63, 3.8) is 0 Å². The molecule has 0 N–H and O–H groups in total. The van der Waals surface area contributed by atoms with Gasteiger partial charge in [0.2, 0.25) is 0 Å². The number of amides is 1. The van der Waals surface area contributed by atoms with E-state index in [0.29, 0.717) is 25.5 Å². The van der Waals surface area contributed by atoms with Crippen LogP contribution in [0.5, 0.6) is 5.75 Å². The minimum absolute atomic E-state index is 0.111. The summed E-state index contributed by atoms with van der Waals surface area (Å²) in [6, 6.07) is 9.48. The molecule has 0 bridgehead atoms. The summed E-state index contributed by atoms with van der Waals surface area (Å²) in [7, 11) is 4.06. The first kappa shape index (κ1) is 22.1. The summed E-state index contributed by atoms with van der Waals surface area (Å²) in [4.78, 5) is 21.4. The first-order valence-electron chi connectivity index (χ1n) is 10.0. The summed E-state index contributed by atoms with van der Waals surface area (Å²) < 4.78 is 11.3. The molecule has 0 fully saturated rings. The third-order valence-corrected chi connectivity index (χ3v) is 5.78. The molecule has 30 heavy (non-hydrogen) atoms. The van der Waals surface area contributed by atoms with Gasteiger partial charge < -0.3 is 19.0 Å². The first-order valence-corrected chi connectivity index (χ1v) is 10.9. The van der Waals surface area contributed by atoms with E-state index in [4.69, 9.17) is 9.15 Å². The highest BCUT2D eigenvalue weighted by atomic mass is 32.1. The number of aryl methyl sites for hydroxylation is 1. The van der Waals surface area contributed by atoms with Crippen LogP contribution in [0.25, 0.3) is 0 Å². The Hall–Kier alpha value is -2.64. The van der Waals surface area contributed by atoms with Crippen LogP contribution in [0.1, 0.15) is 38.8 Å². The number of hydrogen-bond acceptors (Lipinski definition) is 6. The first-order chi connectivity index (χ1) is 14.4. The van der Waals surface area contributed by atoms with Gasteiger partial charge in [-0.3, -0.25) is 4.79 Å². The molecule has 1 aromatic carbocycles. The number of carbonyl (C=O) groups excluding carboxylic acids is 1. The number of rotatable bonds is 10. The van der Waals surface area contributed by atoms with Crippen LogP contribution in [0, 0.1) is 13.8 Å². The van der Waals surface area contributed by atoms with Crippen LogP contribution in [0.4, 0.5) is 0 Å². The molecule has 0 aliphatic rings. The number of aromatic nitrogens is 1. The van der Waals surface area contributed by atoms with Gasteiger partial charge in [-0.15, -0.1) is 11.3 Å². The number of hydrogen-bond donors (Lipinski definition) is 0. The minimum Gasteiger partial charge on any atom is -0.486 e. The molecular formula is C23H29N3O3S. The maximum absolute atomic E-state index is 12.8. The fourth-order valence-electron chi connectivity index (χ4n) is 3.09. The number of thiazole rings is 1. The second-order valence-corrected chi connectivity index (χ2v) is 8.52. The Labute approximate surface area is 182 Å². The molecule has 1 amide bonds. The summed E-state index contributed by atoms with van der Waals surface area (Å²) in [5, 5.41) is 2.89. The molecule has 160 valence electrons. The standard InChI is InChI=1S/C23H29N3O3S/c1-17-8-5-9-20(18(17)2)29-15-22-24-19(16-30-22)14-26(12-7-11-25(3)4)23(27)21-10-6-13-28-21/h5-6,8-10,13,16H,7,11-12,14-15H2,1-4H3. The average molecular weight is 428 g/mol. The smallest absolute Gasteiger partial charge is 0.289 e. The second-order valence-electron chi connectivity index (χ2n) is 7.58. The van der Waals surface area contributed by atoms with Crippen LogP contribution in [0.3, 0.4) is 0 Å². The Morgan fingerprint density at radius 1 is 1.17 bits per heavy atom. The van der Waals surface area contributed by atoms with Gasteiger partial charge in [-0.05, 0) is 70.2 Å². The van der Waals surface area contributed by atoms with Crippen molar-refractivity contribution < 1.29 is 13.9 Å².